The van der Waals surface area contributed by atoms with Gasteiger partial charge in [0.05, 0.1) is 16.9 Å². The fourth-order valence-corrected chi connectivity index (χ4v) is 3.51. The monoisotopic (exact) mass is 385 g/mol. The molecule has 0 bridgehead atoms. The topological polar surface area (TPSA) is 47.9 Å². The zero-order valence-electron chi connectivity index (χ0n) is 17.0. The predicted molar refractivity (Wildman–Crippen MR) is 114 cm³/mol. The third-order valence-electron chi connectivity index (χ3n) is 5.47. The van der Waals surface area contributed by atoms with Crippen LogP contribution in [-0.4, -0.2) is 34.5 Å². The van der Waals surface area contributed by atoms with E-state index in [4.69, 9.17) is 9.31 Å². The summed E-state index contributed by atoms with van der Waals surface area (Å²) < 4.78 is 28.7. The molecule has 1 saturated heterocycles. The number of hydrogen-bond acceptors (Lipinski definition) is 4. The van der Waals surface area contributed by atoms with E-state index in [1.807, 2.05) is 43.3 Å². The molecule has 4 nitrogen and oxygen atoms in total. The minimum atomic E-state index is -2.14. The van der Waals surface area contributed by atoms with Crippen LogP contribution < -0.4 is 5.46 Å². The molecule has 0 aromatic heterocycles. The first-order valence-corrected chi connectivity index (χ1v) is 11.4. The van der Waals surface area contributed by atoms with E-state index in [1.165, 1.54) is 0 Å². The van der Waals surface area contributed by atoms with Gasteiger partial charge in [0.2, 0.25) is 0 Å². The summed E-state index contributed by atoms with van der Waals surface area (Å²) in [6.45, 7) is 10.1. The van der Waals surface area contributed by atoms with Crippen LogP contribution in [0, 0.1) is 0 Å². The molecule has 1 aliphatic rings. The molecule has 0 saturated carbocycles. The van der Waals surface area contributed by atoms with Crippen molar-refractivity contribution in [2.24, 2.45) is 4.36 Å². The van der Waals surface area contributed by atoms with Gasteiger partial charge in [-0.3, -0.25) is 0 Å². The first-order chi connectivity index (χ1) is 12.5. The van der Waals surface area contributed by atoms with Crippen LogP contribution >= 0.6 is 0 Å². The summed E-state index contributed by atoms with van der Waals surface area (Å²) in [5, 5.41) is 0. The van der Waals surface area contributed by atoms with Crippen LogP contribution in [0.1, 0.15) is 34.6 Å². The van der Waals surface area contributed by atoms with Gasteiger partial charge in [-0.15, -0.1) is 0 Å². The molecule has 2 aromatic rings. The van der Waals surface area contributed by atoms with E-state index in [1.54, 1.807) is 6.26 Å². The normalized spacial score (nSPS) is 20.3. The summed E-state index contributed by atoms with van der Waals surface area (Å²) in [5.41, 5.74) is 3.28. The van der Waals surface area contributed by atoms with E-state index >= 15 is 0 Å². The summed E-state index contributed by atoms with van der Waals surface area (Å²) in [5.74, 6) is 0.551. The molecule has 1 unspecified atom stereocenters. The summed E-state index contributed by atoms with van der Waals surface area (Å²) in [7, 11) is -2.49. The predicted octanol–water partition coefficient (Wildman–Crippen LogP) is 4.40. The number of rotatable bonds is 4. The van der Waals surface area contributed by atoms with Crippen molar-refractivity contribution < 1.29 is 13.5 Å². The van der Waals surface area contributed by atoms with Crippen molar-refractivity contribution in [1.82, 2.24) is 0 Å². The standard InChI is InChI=1S/C21H28BNO3S/c1-7-27(6,24)23-19-14-10-17(11-15-19)16-8-12-18(13-9-16)22-25-20(2,3)21(4,5)26-22/h8-15H,7H2,1-6H3. The van der Waals surface area contributed by atoms with Gasteiger partial charge in [0, 0.05) is 21.7 Å². The van der Waals surface area contributed by atoms with Crippen LogP contribution in [0.15, 0.2) is 52.9 Å². The Bertz CT molecular complexity index is 911. The van der Waals surface area contributed by atoms with Gasteiger partial charge < -0.3 is 9.31 Å². The van der Waals surface area contributed by atoms with Crippen LogP contribution in [0.3, 0.4) is 0 Å². The Morgan fingerprint density at radius 2 is 1.33 bits per heavy atom. The fraction of sp³-hybridized carbons (Fsp3) is 0.429. The van der Waals surface area contributed by atoms with Crippen molar-refractivity contribution in [3.8, 4) is 11.1 Å². The van der Waals surface area contributed by atoms with Crippen molar-refractivity contribution in [3.05, 3.63) is 48.5 Å². The van der Waals surface area contributed by atoms with E-state index in [0.29, 0.717) is 5.75 Å². The van der Waals surface area contributed by atoms with Gasteiger partial charge >= 0.3 is 7.12 Å². The maximum absolute atomic E-state index is 12.1. The Morgan fingerprint density at radius 3 is 1.78 bits per heavy atom. The molecule has 0 spiro atoms. The average Bonchev–Trinajstić information content (AvgIpc) is 2.83. The lowest BCUT2D eigenvalue weighted by Gasteiger charge is -2.32. The second-order valence-electron chi connectivity index (χ2n) is 8.10. The minimum absolute atomic E-state index is 0.341. The highest BCUT2D eigenvalue weighted by molar-refractivity contribution is 7.93. The third kappa shape index (κ3) is 4.28. The molecule has 1 heterocycles. The molecule has 0 N–H and O–H groups in total. The van der Waals surface area contributed by atoms with E-state index in [9.17, 15) is 4.21 Å². The molecule has 0 radical (unpaired) electrons. The lowest BCUT2D eigenvalue weighted by molar-refractivity contribution is 0.00578. The SMILES string of the molecule is CCS(C)(=O)=Nc1ccc(-c2ccc(B3OC(C)(C)C(C)(C)O3)cc2)cc1. The molecule has 1 atom stereocenters. The van der Waals surface area contributed by atoms with E-state index < -0.39 is 9.73 Å². The Balaban J connectivity index is 1.79. The smallest absolute Gasteiger partial charge is 0.399 e. The highest BCUT2D eigenvalue weighted by atomic mass is 32.2. The van der Waals surface area contributed by atoms with Crippen molar-refractivity contribution in [2.45, 2.75) is 45.8 Å². The van der Waals surface area contributed by atoms with Crippen LogP contribution in [0.25, 0.3) is 11.1 Å². The minimum Gasteiger partial charge on any atom is -0.399 e. The molecule has 2 aromatic carbocycles. The highest BCUT2D eigenvalue weighted by Gasteiger charge is 2.51. The van der Waals surface area contributed by atoms with E-state index in [2.05, 4.69) is 44.2 Å². The van der Waals surface area contributed by atoms with Crippen LogP contribution in [0.2, 0.25) is 0 Å². The number of nitrogens with zero attached hydrogens (tertiary/aromatic N) is 1. The molecule has 6 heteroatoms. The first kappa shape index (κ1) is 20.1. The van der Waals surface area contributed by atoms with Gasteiger partial charge in [-0.1, -0.05) is 43.3 Å². The molecule has 0 amide bonds. The van der Waals surface area contributed by atoms with Crippen LogP contribution in [-0.2, 0) is 19.0 Å². The van der Waals surface area contributed by atoms with Gasteiger partial charge in [0.15, 0.2) is 0 Å². The van der Waals surface area contributed by atoms with Gasteiger partial charge in [-0.2, -0.15) is 4.36 Å². The van der Waals surface area contributed by atoms with Crippen LogP contribution in [0.5, 0.6) is 0 Å². The number of benzene rings is 2. The van der Waals surface area contributed by atoms with Gasteiger partial charge in [-0.05, 0) is 56.4 Å². The molecule has 27 heavy (non-hydrogen) atoms. The maximum Gasteiger partial charge on any atom is 0.494 e. The van der Waals surface area contributed by atoms with Gasteiger partial charge in [-0.25, -0.2) is 4.21 Å². The maximum atomic E-state index is 12.1. The highest BCUT2D eigenvalue weighted by Crippen LogP contribution is 2.36. The summed E-state index contributed by atoms with van der Waals surface area (Å²) in [6.07, 6.45) is 1.69. The van der Waals surface area contributed by atoms with Crippen molar-refractivity contribution in [1.29, 1.82) is 0 Å². The average molecular weight is 385 g/mol. The second-order valence-corrected chi connectivity index (χ2v) is 10.8. The van der Waals surface area contributed by atoms with Gasteiger partial charge in [0.25, 0.3) is 0 Å². The largest absolute Gasteiger partial charge is 0.494 e. The Kier molecular flexibility index (Phi) is 5.27. The summed E-state index contributed by atoms with van der Waals surface area (Å²) >= 11 is 0. The second kappa shape index (κ2) is 7.08. The first-order valence-electron chi connectivity index (χ1n) is 9.29. The van der Waals surface area contributed by atoms with Crippen LogP contribution in [0.4, 0.5) is 5.69 Å². The Morgan fingerprint density at radius 1 is 0.889 bits per heavy atom. The summed E-state index contributed by atoms with van der Waals surface area (Å²) in [6, 6.07) is 16.1. The molecule has 3 rings (SSSR count). The molecule has 1 aliphatic heterocycles. The zero-order valence-corrected chi connectivity index (χ0v) is 17.8. The molecule has 1 fully saturated rings. The Hall–Kier alpha value is -1.63. The quantitative estimate of drug-likeness (QED) is 0.733. The summed E-state index contributed by atoms with van der Waals surface area (Å²) in [4.78, 5) is 0. The lowest BCUT2D eigenvalue weighted by Crippen LogP contribution is -2.41. The van der Waals surface area contributed by atoms with E-state index in [0.717, 1.165) is 22.3 Å². The van der Waals surface area contributed by atoms with E-state index in [-0.39, 0.29) is 18.3 Å². The Labute approximate surface area is 163 Å². The molecule has 0 aliphatic carbocycles. The molecular formula is C21H28BNO3S. The third-order valence-corrected chi connectivity index (χ3v) is 7.14. The molecule has 144 valence electrons. The lowest BCUT2D eigenvalue weighted by atomic mass is 9.78. The van der Waals surface area contributed by atoms with Gasteiger partial charge in [0.1, 0.15) is 0 Å². The van der Waals surface area contributed by atoms with Crippen molar-refractivity contribution in [3.63, 3.8) is 0 Å². The molecular weight excluding hydrogens is 357 g/mol. The number of hydrogen-bond donors (Lipinski definition) is 0. The zero-order chi connectivity index (χ0) is 19.9. The van der Waals surface area contributed by atoms with Crippen molar-refractivity contribution in [2.75, 3.05) is 12.0 Å². The van der Waals surface area contributed by atoms with Crippen molar-refractivity contribution >= 4 is 28.0 Å². The fourth-order valence-electron chi connectivity index (χ4n) is 2.81.